The number of aromatic nitrogens is 1. The number of pyridine rings is 1. The lowest BCUT2D eigenvalue weighted by atomic mass is 10.3. The number of aryl methyl sites for hydroxylation is 1. The van der Waals surface area contributed by atoms with Gasteiger partial charge < -0.3 is 9.73 Å². The zero-order valence-corrected chi connectivity index (χ0v) is 9.99. The van der Waals surface area contributed by atoms with Gasteiger partial charge in [0.2, 0.25) is 0 Å². The maximum Gasteiger partial charge on any atom is 0.291 e. The van der Waals surface area contributed by atoms with Gasteiger partial charge in [0, 0.05) is 18.3 Å². The Morgan fingerprint density at radius 2 is 2.29 bits per heavy atom. The zero-order valence-electron chi connectivity index (χ0n) is 9.24. The van der Waals surface area contributed by atoms with Crippen LogP contribution in [0.1, 0.15) is 23.2 Å². The highest BCUT2D eigenvalue weighted by Gasteiger charge is 2.10. The summed E-state index contributed by atoms with van der Waals surface area (Å²) in [7, 11) is 0. The number of rotatable bonds is 3. The molecular weight excluding hydrogens is 240 g/mol. The van der Waals surface area contributed by atoms with Crippen molar-refractivity contribution in [3.05, 3.63) is 47.1 Å². The van der Waals surface area contributed by atoms with Gasteiger partial charge in [-0.15, -0.1) is 0 Å². The maximum atomic E-state index is 11.8. The molecule has 1 N–H and O–H groups in total. The molecule has 4 nitrogen and oxygen atoms in total. The van der Waals surface area contributed by atoms with Crippen LogP contribution >= 0.6 is 11.6 Å². The van der Waals surface area contributed by atoms with E-state index in [0.29, 0.717) is 10.8 Å². The summed E-state index contributed by atoms with van der Waals surface area (Å²) in [5.74, 6) is 0.768. The molecule has 5 heteroatoms. The number of halogens is 1. The van der Waals surface area contributed by atoms with Crippen molar-refractivity contribution in [1.29, 1.82) is 0 Å². The van der Waals surface area contributed by atoms with Crippen molar-refractivity contribution in [2.24, 2.45) is 0 Å². The van der Waals surface area contributed by atoms with E-state index in [0.717, 1.165) is 12.2 Å². The number of hydrogen-bond acceptors (Lipinski definition) is 3. The Kier molecular flexibility index (Phi) is 3.44. The molecule has 2 heterocycles. The number of nitrogens with one attached hydrogen (secondary N) is 1. The van der Waals surface area contributed by atoms with Crippen LogP contribution in [0.4, 0.5) is 5.69 Å². The molecule has 0 aliphatic rings. The Morgan fingerprint density at radius 1 is 1.47 bits per heavy atom. The lowest BCUT2D eigenvalue weighted by Crippen LogP contribution is -2.10. The van der Waals surface area contributed by atoms with Crippen LogP contribution < -0.4 is 5.32 Å². The van der Waals surface area contributed by atoms with Gasteiger partial charge in [0.05, 0.1) is 0 Å². The van der Waals surface area contributed by atoms with E-state index in [4.69, 9.17) is 16.0 Å². The fraction of sp³-hybridized carbons (Fsp3) is 0.167. The maximum absolute atomic E-state index is 11.8. The van der Waals surface area contributed by atoms with Crippen molar-refractivity contribution >= 4 is 23.2 Å². The number of carbonyl (C=O) groups is 1. The fourth-order valence-corrected chi connectivity index (χ4v) is 1.54. The zero-order chi connectivity index (χ0) is 12.3. The minimum atomic E-state index is -0.299. The third kappa shape index (κ3) is 2.85. The molecule has 0 aromatic carbocycles. The van der Waals surface area contributed by atoms with Gasteiger partial charge in [0.1, 0.15) is 10.9 Å². The van der Waals surface area contributed by atoms with E-state index in [1.165, 1.54) is 6.20 Å². The summed E-state index contributed by atoms with van der Waals surface area (Å²) in [5.41, 5.74) is 0.587. The van der Waals surface area contributed by atoms with Crippen LogP contribution in [0.5, 0.6) is 0 Å². The van der Waals surface area contributed by atoms with E-state index in [1.807, 2.05) is 6.92 Å². The summed E-state index contributed by atoms with van der Waals surface area (Å²) in [5, 5.41) is 3.01. The molecule has 88 valence electrons. The lowest BCUT2D eigenvalue weighted by molar-refractivity contribution is 0.0995. The molecule has 0 aliphatic heterocycles. The van der Waals surface area contributed by atoms with Gasteiger partial charge in [-0.3, -0.25) is 4.79 Å². The van der Waals surface area contributed by atoms with Crippen LogP contribution in [0.3, 0.4) is 0 Å². The average molecular weight is 251 g/mol. The summed E-state index contributed by atoms with van der Waals surface area (Å²) in [4.78, 5) is 15.6. The Labute approximate surface area is 104 Å². The van der Waals surface area contributed by atoms with Gasteiger partial charge in [-0.05, 0) is 24.3 Å². The number of carbonyl (C=O) groups excluding carboxylic acids is 1. The molecule has 0 unspecified atom stereocenters. The predicted molar refractivity (Wildman–Crippen MR) is 65.3 cm³/mol. The minimum absolute atomic E-state index is 0.287. The number of furan rings is 1. The molecule has 0 atom stereocenters. The minimum Gasteiger partial charge on any atom is -0.456 e. The molecule has 0 spiro atoms. The summed E-state index contributed by atoms with van der Waals surface area (Å²) in [6.07, 6.45) is 2.28. The second-order valence-corrected chi connectivity index (χ2v) is 3.83. The summed E-state index contributed by atoms with van der Waals surface area (Å²) < 4.78 is 5.34. The van der Waals surface area contributed by atoms with E-state index in [1.54, 1.807) is 24.3 Å². The number of hydrogen-bond donors (Lipinski definition) is 1. The molecule has 1 amide bonds. The molecule has 0 saturated heterocycles. The van der Waals surface area contributed by atoms with Crippen molar-refractivity contribution < 1.29 is 9.21 Å². The van der Waals surface area contributed by atoms with Crippen molar-refractivity contribution in [3.63, 3.8) is 0 Å². The Morgan fingerprint density at radius 3 is 2.94 bits per heavy atom. The largest absolute Gasteiger partial charge is 0.456 e. The summed E-state index contributed by atoms with van der Waals surface area (Å²) >= 11 is 5.72. The SMILES string of the molecule is CCc1ccc(C(=O)Nc2ccnc(Cl)c2)o1. The molecular formula is C12H11ClN2O2. The van der Waals surface area contributed by atoms with Gasteiger partial charge in [-0.25, -0.2) is 4.98 Å². The molecule has 2 aromatic heterocycles. The molecule has 2 rings (SSSR count). The highest BCUT2D eigenvalue weighted by molar-refractivity contribution is 6.29. The third-order valence-electron chi connectivity index (χ3n) is 2.22. The van der Waals surface area contributed by atoms with Crippen LogP contribution in [0.25, 0.3) is 0 Å². The van der Waals surface area contributed by atoms with E-state index in [9.17, 15) is 4.79 Å². The topological polar surface area (TPSA) is 55.1 Å². The van der Waals surface area contributed by atoms with Gasteiger partial charge in [0.25, 0.3) is 5.91 Å². The smallest absolute Gasteiger partial charge is 0.291 e. The Bertz CT molecular complexity index is 537. The van der Waals surface area contributed by atoms with Crippen molar-refractivity contribution in [1.82, 2.24) is 4.98 Å². The first-order chi connectivity index (χ1) is 8.19. The molecule has 0 aliphatic carbocycles. The van der Waals surface area contributed by atoms with E-state index in [-0.39, 0.29) is 11.7 Å². The van der Waals surface area contributed by atoms with Crippen LogP contribution in [-0.4, -0.2) is 10.9 Å². The highest BCUT2D eigenvalue weighted by atomic mass is 35.5. The van der Waals surface area contributed by atoms with Crippen LogP contribution in [-0.2, 0) is 6.42 Å². The normalized spacial score (nSPS) is 10.2. The Hall–Kier alpha value is -1.81. The molecule has 0 fully saturated rings. The van der Waals surface area contributed by atoms with E-state index in [2.05, 4.69) is 10.3 Å². The van der Waals surface area contributed by atoms with Crippen molar-refractivity contribution in [2.75, 3.05) is 5.32 Å². The first-order valence-corrected chi connectivity index (χ1v) is 5.58. The summed E-state index contributed by atoms with van der Waals surface area (Å²) in [6.45, 7) is 1.96. The van der Waals surface area contributed by atoms with Gasteiger partial charge in [-0.2, -0.15) is 0 Å². The molecule has 17 heavy (non-hydrogen) atoms. The average Bonchev–Trinajstić information content (AvgIpc) is 2.77. The second-order valence-electron chi connectivity index (χ2n) is 3.44. The number of amides is 1. The molecule has 2 aromatic rings. The van der Waals surface area contributed by atoms with Gasteiger partial charge in [-0.1, -0.05) is 18.5 Å². The second kappa shape index (κ2) is 5.01. The summed E-state index contributed by atoms with van der Waals surface area (Å²) in [6, 6.07) is 6.67. The predicted octanol–water partition coefficient (Wildman–Crippen LogP) is 3.14. The van der Waals surface area contributed by atoms with Gasteiger partial charge in [0.15, 0.2) is 5.76 Å². The monoisotopic (exact) mass is 250 g/mol. The van der Waals surface area contributed by atoms with Crippen LogP contribution in [0, 0.1) is 0 Å². The molecule has 0 saturated carbocycles. The van der Waals surface area contributed by atoms with Crippen LogP contribution in [0.15, 0.2) is 34.9 Å². The van der Waals surface area contributed by atoms with Crippen LogP contribution in [0.2, 0.25) is 5.15 Å². The first-order valence-electron chi connectivity index (χ1n) is 5.20. The quantitative estimate of drug-likeness (QED) is 0.852. The van der Waals surface area contributed by atoms with Gasteiger partial charge >= 0.3 is 0 Å². The van der Waals surface area contributed by atoms with Crippen molar-refractivity contribution in [3.8, 4) is 0 Å². The fourth-order valence-electron chi connectivity index (χ4n) is 1.36. The van der Waals surface area contributed by atoms with E-state index >= 15 is 0 Å². The Balaban J connectivity index is 2.11. The van der Waals surface area contributed by atoms with Crippen molar-refractivity contribution in [2.45, 2.75) is 13.3 Å². The number of anilines is 1. The molecule has 0 bridgehead atoms. The third-order valence-corrected chi connectivity index (χ3v) is 2.43. The van der Waals surface area contributed by atoms with E-state index < -0.39 is 0 Å². The standard InChI is InChI=1S/C12H11ClN2O2/c1-2-9-3-4-10(17-9)12(16)15-8-5-6-14-11(13)7-8/h3-7H,2H2,1H3,(H,14,15,16). The first kappa shape index (κ1) is 11.7. The molecule has 0 radical (unpaired) electrons. The lowest BCUT2D eigenvalue weighted by Gasteiger charge is -2.02. The number of nitrogens with zero attached hydrogens (tertiary/aromatic N) is 1. The highest BCUT2D eigenvalue weighted by Crippen LogP contribution is 2.14.